The molecule has 5 rings (SSSR count). The number of halogens is 1. The molecule has 3 heterocycles. The van der Waals surface area contributed by atoms with Crippen LogP contribution in [0.15, 0.2) is 54.9 Å². The van der Waals surface area contributed by atoms with Gasteiger partial charge in [-0.2, -0.15) is 15.1 Å². The van der Waals surface area contributed by atoms with Crippen LogP contribution in [0.3, 0.4) is 0 Å². The quantitative estimate of drug-likeness (QED) is 0.303. The number of nitrogens with zero attached hydrogens (tertiary/aromatic N) is 4. The van der Waals surface area contributed by atoms with Crippen molar-refractivity contribution in [2.24, 2.45) is 16.0 Å². The molecule has 1 N–H and O–H groups in total. The van der Waals surface area contributed by atoms with Gasteiger partial charge in [0.25, 0.3) is 11.6 Å². The van der Waals surface area contributed by atoms with Crippen molar-refractivity contribution in [1.82, 2.24) is 5.01 Å². The first-order chi connectivity index (χ1) is 15.9. The zero-order valence-electron chi connectivity index (χ0n) is 17.3. The second-order valence-electron chi connectivity index (χ2n) is 7.92. The smallest absolute Gasteiger partial charge is 0.283 e. The van der Waals surface area contributed by atoms with Gasteiger partial charge in [-0.3, -0.25) is 20.3 Å². The van der Waals surface area contributed by atoms with E-state index in [0.29, 0.717) is 32.6 Å². The summed E-state index contributed by atoms with van der Waals surface area (Å²) in [6, 6.07) is 7.76. The van der Waals surface area contributed by atoms with Gasteiger partial charge in [0.1, 0.15) is 16.6 Å². The fourth-order valence-corrected chi connectivity index (χ4v) is 5.68. The number of nitro groups is 1. The van der Waals surface area contributed by atoms with Gasteiger partial charge in [0.2, 0.25) is 5.17 Å². The lowest BCUT2D eigenvalue weighted by Crippen LogP contribution is -2.35. The minimum absolute atomic E-state index is 0.0298. The number of fused-ring (bicyclic) bond motifs is 1. The van der Waals surface area contributed by atoms with Gasteiger partial charge < -0.3 is 4.42 Å². The van der Waals surface area contributed by atoms with Gasteiger partial charge in [-0.15, -0.1) is 0 Å². The van der Waals surface area contributed by atoms with Crippen LogP contribution in [-0.2, 0) is 4.79 Å². The highest BCUT2D eigenvalue weighted by Crippen LogP contribution is 2.37. The molecule has 168 valence electrons. The van der Waals surface area contributed by atoms with Gasteiger partial charge in [-0.25, -0.2) is 0 Å². The van der Waals surface area contributed by atoms with E-state index >= 15 is 0 Å². The number of hydrogen-bond donors (Lipinski definition) is 1. The number of amides is 1. The van der Waals surface area contributed by atoms with Crippen LogP contribution in [0.25, 0.3) is 17.4 Å². The molecule has 3 aliphatic rings. The van der Waals surface area contributed by atoms with Crippen LogP contribution < -0.4 is 0 Å². The molecule has 2 aliphatic heterocycles. The minimum atomic E-state index is -0.506. The van der Waals surface area contributed by atoms with E-state index in [1.807, 2.05) is 0 Å². The molecule has 0 spiro atoms. The first-order valence-electron chi connectivity index (χ1n) is 10.4. The number of carbonyl (C=O) groups excluding carboxylic acids is 1. The summed E-state index contributed by atoms with van der Waals surface area (Å²) < 4.78 is 6.36. The third kappa shape index (κ3) is 4.18. The largest absolute Gasteiger partial charge is 0.457 e. The van der Waals surface area contributed by atoms with Crippen molar-refractivity contribution in [3.05, 3.63) is 56.3 Å². The highest BCUT2D eigenvalue weighted by atomic mass is 79.9. The molecular formula is C22H18BrN5O4S. The molecule has 9 nitrogen and oxygen atoms in total. The number of carbonyl (C=O) groups is 1. The van der Waals surface area contributed by atoms with Crippen molar-refractivity contribution in [2.45, 2.75) is 32.1 Å². The van der Waals surface area contributed by atoms with Crippen molar-refractivity contribution < 1.29 is 14.1 Å². The molecule has 2 aromatic rings. The molecule has 1 aromatic heterocycles. The molecule has 0 atom stereocenters. The molecule has 1 aliphatic carbocycles. The minimum Gasteiger partial charge on any atom is -0.457 e. The van der Waals surface area contributed by atoms with Gasteiger partial charge in [0.05, 0.1) is 10.5 Å². The maximum atomic E-state index is 12.7. The fourth-order valence-electron chi connectivity index (χ4n) is 4.06. The summed E-state index contributed by atoms with van der Waals surface area (Å²) >= 11 is 4.72. The molecule has 0 radical (unpaired) electrons. The van der Waals surface area contributed by atoms with Crippen LogP contribution >= 0.6 is 27.7 Å². The molecule has 0 saturated heterocycles. The summed E-state index contributed by atoms with van der Waals surface area (Å²) in [5.41, 5.74) is 0.691. The number of non-ortho nitro benzene ring substituents is 1. The molecule has 0 unspecified atom stereocenters. The Balaban J connectivity index is 1.40. The number of rotatable bonds is 4. The third-order valence-electron chi connectivity index (χ3n) is 5.77. The summed E-state index contributed by atoms with van der Waals surface area (Å²) in [5, 5.41) is 26.9. The van der Waals surface area contributed by atoms with Crippen LogP contribution in [0.5, 0.6) is 0 Å². The summed E-state index contributed by atoms with van der Waals surface area (Å²) in [5.74, 6) is 0.661. The average Bonchev–Trinajstić information content (AvgIpc) is 3.44. The molecule has 1 amide bonds. The normalized spacial score (nSPS) is 20.2. The van der Waals surface area contributed by atoms with Crippen LogP contribution in [0, 0.1) is 21.4 Å². The number of nitrogens with one attached hydrogen (secondary N) is 1. The predicted molar refractivity (Wildman–Crippen MR) is 130 cm³/mol. The molecule has 1 aromatic carbocycles. The number of thioether (sulfide) groups is 1. The van der Waals surface area contributed by atoms with E-state index in [-0.39, 0.29) is 17.1 Å². The van der Waals surface area contributed by atoms with E-state index in [4.69, 9.17) is 9.83 Å². The fraction of sp³-hybridized carbons (Fsp3) is 0.273. The van der Waals surface area contributed by atoms with Crippen molar-refractivity contribution in [1.29, 1.82) is 5.41 Å². The third-order valence-corrected chi connectivity index (χ3v) is 7.49. The molecule has 1 fully saturated rings. The van der Waals surface area contributed by atoms with Gasteiger partial charge in [-0.1, -0.05) is 19.3 Å². The maximum absolute atomic E-state index is 12.7. The zero-order chi connectivity index (χ0) is 23.1. The lowest BCUT2D eigenvalue weighted by atomic mass is 9.90. The number of amidine groups is 2. The average molecular weight is 528 g/mol. The Morgan fingerprint density at radius 2 is 2.03 bits per heavy atom. The number of furan rings is 1. The summed E-state index contributed by atoms with van der Waals surface area (Å²) in [6.45, 7) is 0. The summed E-state index contributed by atoms with van der Waals surface area (Å²) in [6.07, 6.45) is 7.21. The Morgan fingerprint density at radius 1 is 1.24 bits per heavy atom. The monoisotopic (exact) mass is 527 g/mol. The highest BCUT2D eigenvalue weighted by molar-refractivity contribution is 9.10. The van der Waals surface area contributed by atoms with E-state index in [2.05, 4.69) is 26.0 Å². The van der Waals surface area contributed by atoms with E-state index in [1.165, 1.54) is 54.2 Å². The van der Waals surface area contributed by atoms with E-state index in [9.17, 15) is 14.9 Å². The molecule has 0 bridgehead atoms. The van der Waals surface area contributed by atoms with Crippen molar-refractivity contribution >= 4 is 61.4 Å². The van der Waals surface area contributed by atoms with Gasteiger partial charge in [0.15, 0.2) is 5.84 Å². The number of benzene rings is 1. The van der Waals surface area contributed by atoms with Crippen molar-refractivity contribution in [3.63, 3.8) is 0 Å². The number of hydrogen-bond acceptors (Lipinski definition) is 7. The van der Waals surface area contributed by atoms with E-state index in [1.54, 1.807) is 18.2 Å². The van der Waals surface area contributed by atoms with E-state index in [0.717, 1.165) is 17.9 Å². The number of hydrazone groups is 1. The Labute approximate surface area is 201 Å². The first-order valence-corrected chi connectivity index (χ1v) is 12.1. The highest BCUT2D eigenvalue weighted by Gasteiger charge is 2.38. The van der Waals surface area contributed by atoms with Crippen LogP contribution in [0.2, 0.25) is 0 Å². The van der Waals surface area contributed by atoms with Crippen molar-refractivity contribution in [2.75, 3.05) is 0 Å². The van der Waals surface area contributed by atoms with Crippen LogP contribution in [0.4, 0.5) is 5.69 Å². The molecule has 11 heteroatoms. The molecular weight excluding hydrogens is 510 g/mol. The Morgan fingerprint density at radius 3 is 2.76 bits per heavy atom. The second-order valence-corrected chi connectivity index (χ2v) is 9.76. The Bertz CT molecular complexity index is 1280. The lowest BCUT2D eigenvalue weighted by molar-refractivity contribution is -0.384. The second kappa shape index (κ2) is 8.71. The molecule has 33 heavy (non-hydrogen) atoms. The lowest BCUT2D eigenvalue weighted by Gasteiger charge is -2.20. The SMILES string of the molecule is N=C1C(=Cc2ccc(-c3ccc([N+](=O)[O-])cc3Br)o2)C(=O)N=C2SC(C3CCCCC3)=NN12. The van der Waals surface area contributed by atoms with E-state index < -0.39 is 10.8 Å². The number of nitro benzene ring substituents is 1. The van der Waals surface area contributed by atoms with Crippen LogP contribution in [0.1, 0.15) is 37.9 Å². The predicted octanol–water partition coefficient (Wildman–Crippen LogP) is 5.82. The summed E-state index contributed by atoms with van der Waals surface area (Å²) in [7, 11) is 0. The Hall–Kier alpha value is -3.05. The van der Waals surface area contributed by atoms with Crippen LogP contribution in [-0.4, -0.2) is 31.9 Å². The van der Waals surface area contributed by atoms with Gasteiger partial charge >= 0.3 is 0 Å². The first kappa shape index (κ1) is 21.8. The Kier molecular flexibility index (Phi) is 5.75. The zero-order valence-corrected chi connectivity index (χ0v) is 19.7. The van der Waals surface area contributed by atoms with Crippen molar-refractivity contribution in [3.8, 4) is 11.3 Å². The maximum Gasteiger partial charge on any atom is 0.283 e. The van der Waals surface area contributed by atoms with Gasteiger partial charge in [0, 0.05) is 28.1 Å². The topological polar surface area (TPSA) is 125 Å². The standard InChI is InChI=1S/C22H18BrN5O4S/c23-17-10-13(28(30)31)6-8-15(17)18-9-7-14(32-18)11-16-19(24)27-22(25-20(16)29)33-21(26-27)12-4-2-1-3-5-12/h6-12,24H,1-5H2. The summed E-state index contributed by atoms with van der Waals surface area (Å²) in [4.78, 5) is 27.3. The number of aliphatic imine (C=N–C) groups is 1. The van der Waals surface area contributed by atoms with Gasteiger partial charge in [-0.05, 0) is 64.8 Å². The molecule has 1 saturated carbocycles.